The Morgan fingerprint density at radius 3 is 2.71 bits per heavy atom. The van der Waals surface area contributed by atoms with Gasteiger partial charge in [-0.2, -0.15) is 11.3 Å². The molecule has 0 bridgehead atoms. The molecule has 0 spiro atoms. The minimum Gasteiger partial charge on any atom is -0.444 e. The number of carbonyl (C=O) groups excluding carboxylic acids is 2. The Hall–Kier alpha value is -1.56. The molecule has 1 fully saturated rings. The van der Waals surface area contributed by atoms with Gasteiger partial charge in [0.2, 0.25) is 5.91 Å². The van der Waals surface area contributed by atoms with E-state index in [4.69, 9.17) is 4.74 Å². The quantitative estimate of drug-likeness (QED) is 0.899. The van der Waals surface area contributed by atoms with Crippen molar-refractivity contribution in [3.8, 4) is 0 Å². The van der Waals surface area contributed by atoms with Crippen LogP contribution in [0.4, 0.5) is 10.5 Å². The van der Waals surface area contributed by atoms with Crippen LogP contribution in [0.1, 0.15) is 40.0 Å². The monoisotopic (exact) mass is 310 g/mol. The lowest BCUT2D eigenvalue weighted by Gasteiger charge is -2.21. The highest BCUT2D eigenvalue weighted by Crippen LogP contribution is 2.27. The fourth-order valence-corrected chi connectivity index (χ4v) is 2.99. The molecule has 1 aliphatic rings. The zero-order valence-electron chi connectivity index (χ0n) is 12.6. The summed E-state index contributed by atoms with van der Waals surface area (Å²) in [6.07, 6.45) is 1.85. The van der Waals surface area contributed by atoms with Crippen molar-refractivity contribution in [2.24, 2.45) is 5.92 Å². The fourth-order valence-electron chi connectivity index (χ4n) is 2.40. The summed E-state index contributed by atoms with van der Waals surface area (Å²) in [4.78, 5) is 23.8. The molecule has 0 aromatic carbocycles. The second-order valence-electron chi connectivity index (χ2n) is 6.35. The molecule has 21 heavy (non-hydrogen) atoms. The number of alkyl carbamates (subject to hydrolysis) is 1. The maximum atomic E-state index is 12.1. The summed E-state index contributed by atoms with van der Waals surface area (Å²) < 4.78 is 5.23. The molecule has 2 N–H and O–H groups in total. The number of rotatable bonds is 3. The van der Waals surface area contributed by atoms with Crippen molar-refractivity contribution in [1.82, 2.24) is 5.32 Å². The lowest BCUT2D eigenvalue weighted by Crippen LogP contribution is -2.38. The van der Waals surface area contributed by atoms with Gasteiger partial charge in [0.05, 0.1) is 5.69 Å². The van der Waals surface area contributed by atoms with Crippen LogP contribution in [-0.2, 0) is 9.53 Å². The molecule has 0 unspecified atom stereocenters. The molecule has 1 aromatic rings. The van der Waals surface area contributed by atoms with Gasteiger partial charge in [0.25, 0.3) is 0 Å². The van der Waals surface area contributed by atoms with Crippen molar-refractivity contribution in [3.05, 3.63) is 16.8 Å². The van der Waals surface area contributed by atoms with Gasteiger partial charge in [-0.3, -0.25) is 4.79 Å². The van der Waals surface area contributed by atoms with E-state index in [1.54, 1.807) is 11.3 Å². The van der Waals surface area contributed by atoms with Crippen LogP contribution in [0.15, 0.2) is 16.8 Å². The summed E-state index contributed by atoms with van der Waals surface area (Å²) in [5, 5.41) is 9.58. The summed E-state index contributed by atoms with van der Waals surface area (Å²) in [5.74, 6) is -0.0216. The molecular formula is C15H22N2O3S. The molecular weight excluding hydrogens is 288 g/mol. The van der Waals surface area contributed by atoms with Crippen molar-refractivity contribution in [2.75, 3.05) is 5.32 Å². The van der Waals surface area contributed by atoms with Gasteiger partial charge in [0.1, 0.15) is 5.60 Å². The van der Waals surface area contributed by atoms with Crippen molar-refractivity contribution >= 4 is 29.0 Å². The Morgan fingerprint density at radius 2 is 2.10 bits per heavy atom. The molecule has 1 heterocycles. The van der Waals surface area contributed by atoms with E-state index in [9.17, 15) is 9.59 Å². The van der Waals surface area contributed by atoms with Crippen molar-refractivity contribution < 1.29 is 14.3 Å². The maximum Gasteiger partial charge on any atom is 0.407 e. The second-order valence-corrected chi connectivity index (χ2v) is 7.13. The standard InChI is InChI=1S/C15H22N2O3S/c1-15(2,3)20-14(19)17-11-5-4-10(8-11)13(18)16-12-6-7-21-9-12/h6-7,9-11H,4-5,8H2,1-3H3,(H,16,18)(H,17,19)/t10-,11-/m1/s1. The smallest absolute Gasteiger partial charge is 0.407 e. The summed E-state index contributed by atoms with van der Waals surface area (Å²) in [5.41, 5.74) is 0.340. The summed E-state index contributed by atoms with van der Waals surface area (Å²) in [6.45, 7) is 5.50. The van der Waals surface area contributed by atoms with E-state index in [1.807, 2.05) is 37.6 Å². The number of thiophene rings is 1. The predicted octanol–water partition coefficient (Wildman–Crippen LogP) is 3.38. The van der Waals surface area contributed by atoms with Gasteiger partial charge in [-0.15, -0.1) is 0 Å². The molecule has 1 aliphatic carbocycles. The van der Waals surface area contributed by atoms with E-state index >= 15 is 0 Å². The Labute approximate surface area is 129 Å². The highest BCUT2D eigenvalue weighted by Gasteiger charge is 2.31. The van der Waals surface area contributed by atoms with Crippen LogP contribution in [-0.4, -0.2) is 23.6 Å². The second kappa shape index (κ2) is 6.47. The molecule has 6 heteroatoms. The molecule has 116 valence electrons. The van der Waals surface area contributed by atoms with Gasteiger partial charge in [-0.1, -0.05) is 0 Å². The van der Waals surface area contributed by atoms with Crippen LogP contribution in [0.2, 0.25) is 0 Å². The van der Waals surface area contributed by atoms with Crippen LogP contribution < -0.4 is 10.6 Å². The van der Waals surface area contributed by atoms with E-state index in [-0.39, 0.29) is 17.9 Å². The average Bonchev–Trinajstić information content (AvgIpc) is 2.97. The van der Waals surface area contributed by atoms with Crippen LogP contribution in [0, 0.1) is 5.92 Å². The SMILES string of the molecule is CC(C)(C)OC(=O)N[C@@H]1CC[C@@H](C(=O)Nc2ccsc2)C1. The lowest BCUT2D eigenvalue weighted by molar-refractivity contribution is -0.119. The van der Waals surface area contributed by atoms with Crippen LogP contribution >= 0.6 is 11.3 Å². The average molecular weight is 310 g/mol. The Kier molecular flexibility index (Phi) is 4.88. The number of carbonyl (C=O) groups is 2. The third-order valence-electron chi connectivity index (χ3n) is 3.31. The van der Waals surface area contributed by atoms with E-state index in [1.165, 1.54) is 0 Å². The van der Waals surface area contributed by atoms with Crippen LogP contribution in [0.5, 0.6) is 0 Å². The summed E-state index contributed by atoms with van der Waals surface area (Å²) >= 11 is 1.55. The topological polar surface area (TPSA) is 67.4 Å². The number of anilines is 1. The third kappa shape index (κ3) is 5.04. The Morgan fingerprint density at radius 1 is 1.33 bits per heavy atom. The highest BCUT2D eigenvalue weighted by molar-refractivity contribution is 7.08. The molecule has 5 nitrogen and oxygen atoms in total. The lowest BCUT2D eigenvalue weighted by atomic mass is 10.1. The first-order valence-electron chi connectivity index (χ1n) is 7.16. The Balaban J connectivity index is 1.78. The molecule has 0 saturated heterocycles. The molecule has 0 aliphatic heterocycles. The zero-order chi connectivity index (χ0) is 15.5. The third-order valence-corrected chi connectivity index (χ3v) is 4.00. The highest BCUT2D eigenvalue weighted by atomic mass is 32.1. The van der Waals surface area contributed by atoms with Crippen LogP contribution in [0.25, 0.3) is 0 Å². The minimum absolute atomic E-state index is 0.0121. The largest absolute Gasteiger partial charge is 0.444 e. The number of amides is 2. The van der Waals surface area contributed by atoms with Crippen LogP contribution in [0.3, 0.4) is 0 Å². The number of hydrogen-bond donors (Lipinski definition) is 2. The molecule has 1 saturated carbocycles. The van der Waals surface area contributed by atoms with Gasteiger partial charge >= 0.3 is 6.09 Å². The fraction of sp³-hybridized carbons (Fsp3) is 0.600. The first-order chi connectivity index (χ1) is 9.83. The zero-order valence-corrected chi connectivity index (χ0v) is 13.5. The van der Waals surface area contributed by atoms with Gasteiger partial charge in [0.15, 0.2) is 0 Å². The summed E-state index contributed by atoms with van der Waals surface area (Å²) in [6, 6.07) is 1.89. The van der Waals surface area contributed by atoms with Crippen molar-refractivity contribution in [2.45, 2.75) is 51.7 Å². The molecule has 2 amide bonds. The molecule has 2 rings (SSSR count). The number of ether oxygens (including phenoxy) is 1. The molecule has 2 atom stereocenters. The van der Waals surface area contributed by atoms with E-state index in [2.05, 4.69) is 10.6 Å². The molecule has 0 radical (unpaired) electrons. The predicted molar refractivity (Wildman–Crippen MR) is 83.4 cm³/mol. The summed E-state index contributed by atoms with van der Waals surface area (Å²) in [7, 11) is 0. The van der Waals surface area contributed by atoms with Gasteiger partial charge < -0.3 is 15.4 Å². The number of nitrogens with one attached hydrogen (secondary N) is 2. The first-order valence-corrected chi connectivity index (χ1v) is 8.10. The van der Waals surface area contributed by atoms with Gasteiger partial charge in [0, 0.05) is 17.3 Å². The van der Waals surface area contributed by atoms with E-state index in [0.29, 0.717) is 6.42 Å². The van der Waals surface area contributed by atoms with Gasteiger partial charge in [-0.05, 0) is 51.5 Å². The normalized spacial score (nSPS) is 21.9. The van der Waals surface area contributed by atoms with Gasteiger partial charge in [-0.25, -0.2) is 4.79 Å². The van der Waals surface area contributed by atoms with E-state index < -0.39 is 11.7 Å². The van der Waals surface area contributed by atoms with Crippen molar-refractivity contribution in [3.63, 3.8) is 0 Å². The number of hydrogen-bond acceptors (Lipinski definition) is 4. The first kappa shape index (κ1) is 15.8. The molecule has 1 aromatic heterocycles. The maximum absolute atomic E-state index is 12.1. The van der Waals surface area contributed by atoms with Crippen molar-refractivity contribution in [1.29, 1.82) is 0 Å². The Bertz CT molecular complexity index is 494. The van der Waals surface area contributed by atoms with E-state index in [0.717, 1.165) is 18.5 Å². The minimum atomic E-state index is -0.502.